The number of hydrogen-bond acceptors (Lipinski definition) is 7. The van der Waals surface area contributed by atoms with Crippen LogP contribution in [0.5, 0.6) is 0 Å². The van der Waals surface area contributed by atoms with Crippen LogP contribution in [0.1, 0.15) is 90.9 Å². The number of unbranched alkanes of at least 4 members (excludes halogenated alkanes) is 3. The minimum atomic E-state index is -0.370. The fourth-order valence-corrected chi connectivity index (χ4v) is 8.65. The van der Waals surface area contributed by atoms with Crippen LogP contribution in [0.15, 0.2) is 30.3 Å². The number of hydrogen-bond donors (Lipinski definition) is 3. The average molecular weight is 638 g/mol. The van der Waals surface area contributed by atoms with Crippen LogP contribution in [0.4, 0.5) is 5.69 Å². The summed E-state index contributed by atoms with van der Waals surface area (Å²) in [5, 5.41) is 10.7. The van der Waals surface area contributed by atoms with Gasteiger partial charge in [0.2, 0.25) is 5.91 Å². The van der Waals surface area contributed by atoms with Crippen molar-refractivity contribution in [3.8, 4) is 0 Å². The number of para-hydroxylation sites is 1. The zero-order chi connectivity index (χ0) is 32.0. The van der Waals surface area contributed by atoms with Crippen molar-refractivity contribution in [3.63, 3.8) is 0 Å². The third kappa shape index (κ3) is 9.91. The molecule has 0 unspecified atom stereocenters. The Hall–Kier alpha value is -1.71. The molecule has 0 bridgehead atoms. The van der Waals surface area contributed by atoms with E-state index < -0.39 is 0 Å². The number of rotatable bonds is 10. The summed E-state index contributed by atoms with van der Waals surface area (Å²) in [7, 11) is 0. The molecule has 0 atom stereocenters. The van der Waals surface area contributed by atoms with Crippen LogP contribution in [0.3, 0.4) is 0 Å². The molecular formula is C38H67N7O. The zero-order valence-electron chi connectivity index (χ0n) is 29.5. The lowest BCUT2D eigenvalue weighted by atomic mass is 9.78. The van der Waals surface area contributed by atoms with Gasteiger partial charge in [0.15, 0.2) is 0 Å². The summed E-state index contributed by atoms with van der Waals surface area (Å²) in [6.45, 7) is 18.6. The first-order chi connectivity index (χ1) is 22.6. The fraction of sp³-hybridized carbons (Fsp3) is 0.816. The number of amides is 1. The van der Waals surface area contributed by atoms with Crippen LogP contribution in [-0.2, 0) is 4.79 Å². The Morgan fingerprint density at radius 1 is 0.739 bits per heavy atom. The van der Waals surface area contributed by atoms with Crippen molar-refractivity contribution < 1.29 is 4.79 Å². The molecule has 1 spiro atoms. The van der Waals surface area contributed by atoms with Crippen molar-refractivity contribution in [2.24, 2.45) is 11.8 Å². The van der Waals surface area contributed by atoms with Crippen molar-refractivity contribution in [1.29, 1.82) is 0 Å². The van der Waals surface area contributed by atoms with Crippen LogP contribution in [0.25, 0.3) is 0 Å². The molecule has 0 aromatic heterocycles. The van der Waals surface area contributed by atoms with E-state index in [1.807, 2.05) is 0 Å². The molecular weight excluding hydrogens is 570 g/mol. The zero-order valence-corrected chi connectivity index (χ0v) is 29.5. The summed E-state index contributed by atoms with van der Waals surface area (Å²) in [5.41, 5.74) is 0.841. The van der Waals surface area contributed by atoms with E-state index in [0.717, 1.165) is 103 Å². The summed E-state index contributed by atoms with van der Waals surface area (Å²) in [6.07, 6.45) is 14.5. The lowest BCUT2D eigenvalue weighted by Gasteiger charge is -2.47. The van der Waals surface area contributed by atoms with Gasteiger partial charge in [-0.05, 0) is 121 Å². The highest BCUT2D eigenvalue weighted by Gasteiger charge is 2.54. The predicted octanol–water partition coefficient (Wildman–Crippen LogP) is 4.77. The first-order valence-electron chi connectivity index (χ1n) is 19.3. The van der Waals surface area contributed by atoms with Crippen LogP contribution >= 0.6 is 0 Å². The Labute approximate surface area is 281 Å². The highest BCUT2D eigenvalue weighted by Crippen LogP contribution is 2.41. The number of carbonyl (C=O) groups is 1. The summed E-state index contributed by atoms with van der Waals surface area (Å²) >= 11 is 0. The van der Waals surface area contributed by atoms with Crippen molar-refractivity contribution in [2.75, 3.05) is 90.1 Å². The Balaban J connectivity index is 1.07. The summed E-state index contributed by atoms with van der Waals surface area (Å²) in [4.78, 5) is 24.3. The molecule has 4 fully saturated rings. The van der Waals surface area contributed by atoms with Crippen LogP contribution in [0, 0.1) is 11.8 Å². The number of anilines is 1. The molecule has 1 aromatic rings. The molecule has 3 heterocycles. The number of nitrogens with one attached hydrogen (secondary N) is 3. The molecule has 1 amide bonds. The Morgan fingerprint density at radius 2 is 1.39 bits per heavy atom. The second-order valence-electron chi connectivity index (χ2n) is 15.1. The van der Waals surface area contributed by atoms with Crippen LogP contribution < -0.4 is 20.9 Å². The van der Waals surface area contributed by atoms with Crippen LogP contribution in [0.2, 0.25) is 0 Å². The second kappa shape index (κ2) is 18.7. The quantitative estimate of drug-likeness (QED) is 0.320. The van der Waals surface area contributed by atoms with E-state index >= 15 is 0 Å². The first-order valence-corrected chi connectivity index (χ1v) is 19.3. The van der Waals surface area contributed by atoms with Gasteiger partial charge in [-0.2, -0.15) is 0 Å². The van der Waals surface area contributed by atoms with Gasteiger partial charge in [-0.1, -0.05) is 44.9 Å². The minimum Gasteiger partial charge on any atom is -0.339 e. The maximum Gasteiger partial charge on any atom is 0.250 e. The topological polar surface area (TPSA) is 66.1 Å². The van der Waals surface area contributed by atoms with Gasteiger partial charge in [0.1, 0.15) is 5.54 Å². The molecule has 260 valence electrons. The molecule has 3 N–H and O–H groups in total. The number of likely N-dealkylation sites (tertiary alicyclic amines) is 1. The maximum atomic E-state index is 14.2. The summed E-state index contributed by atoms with van der Waals surface area (Å²) in [5.74, 6) is 2.10. The van der Waals surface area contributed by atoms with E-state index in [0.29, 0.717) is 11.9 Å². The van der Waals surface area contributed by atoms with E-state index in [1.54, 1.807) is 0 Å². The minimum absolute atomic E-state index is 0.370. The first kappa shape index (κ1) is 35.6. The van der Waals surface area contributed by atoms with E-state index in [1.165, 1.54) is 76.6 Å². The molecule has 8 heteroatoms. The molecule has 1 aliphatic carbocycles. The lowest BCUT2D eigenvalue weighted by molar-refractivity contribution is -0.134. The monoisotopic (exact) mass is 638 g/mol. The average Bonchev–Trinajstić information content (AvgIpc) is 3.34. The van der Waals surface area contributed by atoms with Gasteiger partial charge < -0.3 is 35.6 Å². The molecule has 4 aliphatic rings. The van der Waals surface area contributed by atoms with Crippen LogP contribution in [-0.4, -0.2) is 117 Å². The number of piperidine rings is 1. The SMILES string of the molecule is CC(C)C1CCC(N2CCC3(CC2)C(=O)N(CCCCCCN2CCCNCCNCCCNCC2)CN3c2ccccc2)CC1. The highest BCUT2D eigenvalue weighted by molar-refractivity contribution is 5.93. The van der Waals surface area contributed by atoms with E-state index in [9.17, 15) is 4.79 Å². The lowest BCUT2D eigenvalue weighted by Crippen LogP contribution is -2.58. The number of nitrogens with zero attached hydrogens (tertiary/aromatic N) is 4. The standard InChI is InChI=1S/C38H67N7O/c1-33(2)34-14-16-35(17-15-34)43-29-18-38(19-30-43)37(46)44(32-45(38)36-12-6-5-7-13-36)28-9-4-3-8-26-42-27-11-22-40-24-23-39-20-10-21-41-25-31-42/h5-7,12-13,33-35,39-41H,3-4,8-11,14-32H2,1-2H3. The van der Waals surface area contributed by atoms with Gasteiger partial charge in [-0.25, -0.2) is 0 Å². The van der Waals surface area contributed by atoms with E-state index in [4.69, 9.17) is 0 Å². The fourth-order valence-electron chi connectivity index (χ4n) is 8.65. The molecule has 3 saturated heterocycles. The van der Waals surface area contributed by atoms with Crippen molar-refractivity contribution >= 4 is 11.6 Å². The summed E-state index contributed by atoms with van der Waals surface area (Å²) in [6, 6.07) is 11.5. The normalized spacial score (nSPS) is 26.5. The molecule has 0 radical (unpaired) electrons. The van der Waals surface area contributed by atoms with Gasteiger partial charge in [0, 0.05) is 57.5 Å². The van der Waals surface area contributed by atoms with Gasteiger partial charge >= 0.3 is 0 Å². The second-order valence-corrected chi connectivity index (χ2v) is 15.1. The van der Waals surface area contributed by atoms with E-state index in [2.05, 4.69) is 79.7 Å². The maximum absolute atomic E-state index is 14.2. The Morgan fingerprint density at radius 3 is 2.09 bits per heavy atom. The molecule has 5 rings (SSSR count). The van der Waals surface area contributed by atoms with E-state index in [-0.39, 0.29) is 5.54 Å². The van der Waals surface area contributed by atoms with Gasteiger partial charge in [-0.3, -0.25) is 4.79 Å². The summed E-state index contributed by atoms with van der Waals surface area (Å²) < 4.78 is 0. The smallest absolute Gasteiger partial charge is 0.250 e. The third-order valence-corrected chi connectivity index (χ3v) is 11.7. The van der Waals surface area contributed by atoms with Crippen molar-refractivity contribution in [2.45, 2.75) is 102 Å². The Bertz CT molecular complexity index is 976. The van der Waals surface area contributed by atoms with Gasteiger partial charge in [0.25, 0.3) is 0 Å². The largest absolute Gasteiger partial charge is 0.339 e. The predicted molar refractivity (Wildman–Crippen MR) is 192 cm³/mol. The Kier molecular flexibility index (Phi) is 14.5. The molecule has 3 aliphatic heterocycles. The molecule has 46 heavy (non-hydrogen) atoms. The molecule has 8 nitrogen and oxygen atoms in total. The van der Waals surface area contributed by atoms with Crippen molar-refractivity contribution in [3.05, 3.63) is 30.3 Å². The van der Waals surface area contributed by atoms with Gasteiger partial charge in [0.05, 0.1) is 6.67 Å². The number of benzene rings is 1. The van der Waals surface area contributed by atoms with Crippen molar-refractivity contribution in [1.82, 2.24) is 30.7 Å². The van der Waals surface area contributed by atoms with Gasteiger partial charge in [-0.15, -0.1) is 0 Å². The highest BCUT2D eigenvalue weighted by atomic mass is 16.2. The third-order valence-electron chi connectivity index (χ3n) is 11.7. The molecule has 1 aromatic carbocycles. The number of carbonyl (C=O) groups excluding carboxylic acids is 1. The molecule has 1 saturated carbocycles.